The molecule has 1 aliphatic rings. The summed E-state index contributed by atoms with van der Waals surface area (Å²) in [7, 11) is -0.644. The molecule has 3 N–H and O–H groups in total. The molecule has 0 aromatic heterocycles. The van der Waals surface area contributed by atoms with E-state index in [0.29, 0.717) is 6.61 Å². The standard InChI is InChI=1S/C8H16N2O2Si/c1-2-13-8(10-7(9)11)5-3-4-6-12-8/h2H,1,3-6,13H2,(H3,9,10,11). The molecule has 1 unspecified atom stereocenters. The van der Waals surface area contributed by atoms with Gasteiger partial charge in [0.1, 0.15) is 14.9 Å². The molecule has 1 aliphatic heterocycles. The predicted octanol–water partition coefficient (Wildman–Crippen LogP) is -0.179. The molecule has 0 aromatic rings. The van der Waals surface area contributed by atoms with Gasteiger partial charge in [0.2, 0.25) is 0 Å². The van der Waals surface area contributed by atoms with E-state index < -0.39 is 20.9 Å². The first-order valence-electron chi connectivity index (χ1n) is 4.51. The third-order valence-corrected chi connectivity index (χ3v) is 3.86. The van der Waals surface area contributed by atoms with E-state index in [1.54, 1.807) is 0 Å². The van der Waals surface area contributed by atoms with E-state index in [1.807, 2.05) is 5.70 Å². The van der Waals surface area contributed by atoms with Gasteiger partial charge in [0.25, 0.3) is 0 Å². The number of nitrogens with two attached hydrogens (primary N) is 1. The molecule has 1 atom stereocenters. The average Bonchev–Trinajstić information content (AvgIpc) is 2.04. The minimum atomic E-state index is -0.644. The summed E-state index contributed by atoms with van der Waals surface area (Å²) in [6.45, 7) is 4.41. The maximum atomic E-state index is 10.8. The number of carbonyl (C=O) groups is 1. The fourth-order valence-electron chi connectivity index (χ4n) is 1.62. The molecule has 0 bridgehead atoms. The molecule has 1 rings (SSSR count). The number of ether oxygens (including phenoxy) is 1. The van der Waals surface area contributed by atoms with E-state index in [9.17, 15) is 4.79 Å². The number of nitrogens with one attached hydrogen (secondary N) is 1. The summed E-state index contributed by atoms with van der Waals surface area (Å²) in [5.74, 6) is 0. The molecule has 1 heterocycles. The molecule has 0 saturated carbocycles. The molecule has 0 radical (unpaired) electrons. The Balaban J connectivity index is 2.60. The number of amides is 2. The highest BCUT2D eigenvalue weighted by Crippen LogP contribution is 2.21. The molecule has 1 fully saturated rings. The van der Waals surface area contributed by atoms with Crippen LogP contribution in [0.4, 0.5) is 4.79 Å². The quantitative estimate of drug-likeness (QED) is 0.621. The van der Waals surface area contributed by atoms with Crippen molar-refractivity contribution in [2.75, 3.05) is 6.61 Å². The number of primary amides is 1. The Kier molecular flexibility index (Phi) is 3.50. The maximum Gasteiger partial charge on any atom is 0.314 e. The Hall–Kier alpha value is -0.813. The van der Waals surface area contributed by atoms with E-state index in [0.717, 1.165) is 19.3 Å². The first-order chi connectivity index (χ1) is 6.18. The van der Waals surface area contributed by atoms with Crippen LogP contribution < -0.4 is 11.1 Å². The Bertz CT molecular complexity index is 202. The molecule has 13 heavy (non-hydrogen) atoms. The number of hydrogen-bond acceptors (Lipinski definition) is 2. The fraction of sp³-hybridized carbons (Fsp3) is 0.625. The van der Waals surface area contributed by atoms with Gasteiger partial charge in [-0.1, -0.05) is 0 Å². The van der Waals surface area contributed by atoms with Crippen LogP contribution in [0.5, 0.6) is 0 Å². The van der Waals surface area contributed by atoms with Crippen molar-refractivity contribution in [3.8, 4) is 0 Å². The van der Waals surface area contributed by atoms with Crippen LogP contribution in [0.3, 0.4) is 0 Å². The van der Waals surface area contributed by atoms with Crippen molar-refractivity contribution in [2.45, 2.75) is 24.6 Å². The van der Waals surface area contributed by atoms with Gasteiger partial charge in [0.15, 0.2) is 0 Å². The number of carbonyl (C=O) groups excluding carboxylic acids is 1. The van der Waals surface area contributed by atoms with Crippen molar-refractivity contribution in [3.05, 3.63) is 12.3 Å². The van der Waals surface area contributed by atoms with Crippen molar-refractivity contribution in [1.29, 1.82) is 0 Å². The number of urea groups is 1. The zero-order chi connectivity index (χ0) is 9.73. The first kappa shape index (κ1) is 10.3. The van der Waals surface area contributed by atoms with E-state index in [-0.39, 0.29) is 0 Å². The predicted molar refractivity (Wildman–Crippen MR) is 54.0 cm³/mol. The summed E-state index contributed by atoms with van der Waals surface area (Å²) < 4.78 is 5.60. The lowest BCUT2D eigenvalue weighted by molar-refractivity contribution is -0.0328. The zero-order valence-electron chi connectivity index (χ0n) is 7.71. The Labute approximate surface area is 80.3 Å². The number of hydrogen-bond donors (Lipinski definition) is 2. The molecule has 0 spiro atoms. The smallest absolute Gasteiger partial charge is 0.314 e. The molecule has 4 nitrogen and oxygen atoms in total. The highest BCUT2D eigenvalue weighted by molar-refractivity contribution is 6.45. The first-order valence-corrected chi connectivity index (χ1v) is 6.03. The van der Waals surface area contributed by atoms with Crippen molar-refractivity contribution < 1.29 is 9.53 Å². The molecule has 74 valence electrons. The SMILES string of the molecule is C=C[SiH2]C1(NC(N)=O)CCCCO1. The topological polar surface area (TPSA) is 64.3 Å². The van der Waals surface area contributed by atoms with E-state index in [1.165, 1.54) is 0 Å². The lowest BCUT2D eigenvalue weighted by Crippen LogP contribution is -2.57. The number of rotatable bonds is 3. The van der Waals surface area contributed by atoms with Gasteiger partial charge < -0.3 is 15.8 Å². The molecule has 0 aliphatic carbocycles. The van der Waals surface area contributed by atoms with Crippen LogP contribution in [0, 0.1) is 0 Å². The molecular formula is C8H16N2O2Si. The highest BCUT2D eigenvalue weighted by atomic mass is 28.2. The lowest BCUT2D eigenvalue weighted by atomic mass is 10.2. The summed E-state index contributed by atoms with van der Waals surface area (Å²) >= 11 is 0. The Morgan fingerprint density at radius 3 is 2.92 bits per heavy atom. The molecule has 2 amide bonds. The zero-order valence-corrected chi connectivity index (χ0v) is 9.13. The minimum Gasteiger partial charge on any atom is -0.360 e. The third-order valence-electron chi connectivity index (χ3n) is 2.18. The average molecular weight is 200 g/mol. The van der Waals surface area contributed by atoms with Crippen molar-refractivity contribution >= 4 is 15.6 Å². The summed E-state index contributed by atoms with van der Waals surface area (Å²) in [5.41, 5.74) is 6.97. The van der Waals surface area contributed by atoms with Crippen LogP contribution in [0.25, 0.3) is 0 Å². The third kappa shape index (κ3) is 2.85. The van der Waals surface area contributed by atoms with Crippen LogP contribution in [0.15, 0.2) is 12.3 Å². The van der Waals surface area contributed by atoms with E-state index in [4.69, 9.17) is 10.5 Å². The molecule has 5 heteroatoms. The highest BCUT2D eigenvalue weighted by Gasteiger charge is 2.32. The maximum absolute atomic E-state index is 10.8. The summed E-state index contributed by atoms with van der Waals surface area (Å²) in [5, 5.41) is 2.25. The lowest BCUT2D eigenvalue weighted by Gasteiger charge is -2.36. The van der Waals surface area contributed by atoms with Crippen LogP contribution in [0.1, 0.15) is 19.3 Å². The van der Waals surface area contributed by atoms with Gasteiger partial charge >= 0.3 is 6.03 Å². The largest absolute Gasteiger partial charge is 0.360 e. The normalized spacial score (nSPS) is 28.9. The van der Waals surface area contributed by atoms with Gasteiger partial charge in [-0.2, -0.15) is 0 Å². The minimum absolute atomic E-state index is 0.453. The van der Waals surface area contributed by atoms with Crippen LogP contribution >= 0.6 is 0 Å². The van der Waals surface area contributed by atoms with E-state index in [2.05, 4.69) is 11.9 Å². The molecular weight excluding hydrogens is 184 g/mol. The van der Waals surface area contributed by atoms with Crippen LogP contribution in [-0.2, 0) is 4.74 Å². The van der Waals surface area contributed by atoms with Gasteiger partial charge in [0.05, 0.1) is 0 Å². The van der Waals surface area contributed by atoms with Gasteiger partial charge in [-0.15, -0.1) is 12.3 Å². The summed E-state index contributed by atoms with van der Waals surface area (Å²) in [6, 6.07) is -0.503. The van der Waals surface area contributed by atoms with Crippen molar-refractivity contribution in [3.63, 3.8) is 0 Å². The second-order valence-electron chi connectivity index (χ2n) is 3.28. The van der Waals surface area contributed by atoms with Gasteiger partial charge in [-0.25, -0.2) is 4.79 Å². The summed E-state index contributed by atoms with van der Waals surface area (Å²) in [6.07, 6.45) is 3.02. The van der Waals surface area contributed by atoms with Crippen molar-refractivity contribution in [2.24, 2.45) is 5.73 Å². The second kappa shape index (κ2) is 4.43. The summed E-state index contributed by atoms with van der Waals surface area (Å²) in [4.78, 5) is 10.8. The van der Waals surface area contributed by atoms with Gasteiger partial charge in [-0.05, 0) is 19.3 Å². The van der Waals surface area contributed by atoms with Crippen LogP contribution in [-0.4, -0.2) is 27.5 Å². The monoisotopic (exact) mass is 200 g/mol. The fourth-order valence-corrected chi connectivity index (χ4v) is 3.08. The van der Waals surface area contributed by atoms with Gasteiger partial charge in [-0.3, -0.25) is 0 Å². The van der Waals surface area contributed by atoms with Crippen molar-refractivity contribution in [1.82, 2.24) is 5.32 Å². The van der Waals surface area contributed by atoms with E-state index >= 15 is 0 Å². The Morgan fingerprint density at radius 1 is 1.69 bits per heavy atom. The molecule has 0 aromatic carbocycles. The Morgan fingerprint density at radius 2 is 2.46 bits per heavy atom. The second-order valence-corrected chi connectivity index (χ2v) is 5.41. The van der Waals surface area contributed by atoms with Crippen LogP contribution in [0.2, 0.25) is 0 Å². The molecule has 1 saturated heterocycles. The van der Waals surface area contributed by atoms with Gasteiger partial charge in [0, 0.05) is 6.61 Å².